The first-order valence-corrected chi connectivity index (χ1v) is 6.65. The SMILES string of the molecule is CNC(c1ccc(OC)cc1OC)C1(OC)CCC1. The summed E-state index contributed by atoms with van der Waals surface area (Å²) in [6.07, 6.45) is 3.36. The fourth-order valence-electron chi connectivity index (χ4n) is 2.89. The van der Waals surface area contributed by atoms with Crippen LogP contribution >= 0.6 is 0 Å². The molecule has 0 saturated heterocycles. The summed E-state index contributed by atoms with van der Waals surface area (Å²) >= 11 is 0. The van der Waals surface area contributed by atoms with Gasteiger partial charge in [0.15, 0.2) is 0 Å². The largest absolute Gasteiger partial charge is 0.497 e. The Bertz CT molecular complexity index is 424. The van der Waals surface area contributed by atoms with Gasteiger partial charge in [-0.15, -0.1) is 0 Å². The maximum atomic E-state index is 5.79. The fourth-order valence-corrected chi connectivity index (χ4v) is 2.89. The van der Waals surface area contributed by atoms with Crippen molar-refractivity contribution in [3.05, 3.63) is 23.8 Å². The van der Waals surface area contributed by atoms with Crippen molar-refractivity contribution in [2.24, 2.45) is 0 Å². The number of methoxy groups -OCH3 is 3. The number of hydrogen-bond acceptors (Lipinski definition) is 4. The molecule has 4 nitrogen and oxygen atoms in total. The monoisotopic (exact) mass is 265 g/mol. The summed E-state index contributed by atoms with van der Waals surface area (Å²) in [6, 6.07) is 6.07. The van der Waals surface area contributed by atoms with Crippen LogP contribution < -0.4 is 14.8 Å². The average molecular weight is 265 g/mol. The van der Waals surface area contributed by atoms with E-state index in [1.54, 1.807) is 21.3 Å². The molecule has 0 spiro atoms. The summed E-state index contributed by atoms with van der Waals surface area (Å²) in [5.41, 5.74) is 1.00. The third-order valence-electron chi connectivity index (χ3n) is 4.17. The van der Waals surface area contributed by atoms with Crippen molar-refractivity contribution >= 4 is 0 Å². The lowest BCUT2D eigenvalue weighted by molar-refractivity contribution is -0.0986. The third-order valence-corrected chi connectivity index (χ3v) is 4.17. The molecular weight excluding hydrogens is 242 g/mol. The Morgan fingerprint density at radius 3 is 2.32 bits per heavy atom. The van der Waals surface area contributed by atoms with Crippen molar-refractivity contribution in [1.29, 1.82) is 0 Å². The van der Waals surface area contributed by atoms with E-state index in [2.05, 4.69) is 11.4 Å². The Morgan fingerprint density at radius 1 is 1.16 bits per heavy atom. The predicted molar refractivity (Wildman–Crippen MR) is 74.9 cm³/mol. The Kier molecular flexibility index (Phi) is 4.32. The summed E-state index contributed by atoms with van der Waals surface area (Å²) in [6.45, 7) is 0. The van der Waals surface area contributed by atoms with E-state index < -0.39 is 0 Å². The van der Waals surface area contributed by atoms with E-state index in [0.717, 1.165) is 29.9 Å². The highest BCUT2D eigenvalue weighted by atomic mass is 16.5. The first-order chi connectivity index (χ1) is 9.20. The van der Waals surface area contributed by atoms with Crippen molar-refractivity contribution < 1.29 is 14.2 Å². The summed E-state index contributed by atoms with van der Waals surface area (Å²) in [4.78, 5) is 0. The van der Waals surface area contributed by atoms with Gasteiger partial charge in [-0.3, -0.25) is 0 Å². The molecule has 0 aromatic heterocycles. The molecule has 19 heavy (non-hydrogen) atoms. The van der Waals surface area contributed by atoms with Crippen molar-refractivity contribution in [2.45, 2.75) is 30.9 Å². The van der Waals surface area contributed by atoms with Crippen LogP contribution in [-0.2, 0) is 4.74 Å². The van der Waals surface area contributed by atoms with Crippen LogP contribution in [0, 0.1) is 0 Å². The molecule has 0 radical (unpaired) electrons. The molecular formula is C15H23NO3. The molecule has 1 aromatic rings. The molecule has 1 N–H and O–H groups in total. The third kappa shape index (κ3) is 2.42. The molecule has 0 heterocycles. The standard InChI is InChI=1S/C15H23NO3/c1-16-14(15(19-4)8-5-9-15)12-7-6-11(17-2)10-13(12)18-3/h6-7,10,14,16H,5,8-9H2,1-4H3. The maximum Gasteiger partial charge on any atom is 0.127 e. The van der Waals surface area contributed by atoms with Gasteiger partial charge in [-0.25, -0.2) is 0 Å². The zero-order chi connectivity index (χ0) is 13.9. The molecule has 0 bridgehead atoms. The highest BCUT2D eigenvalue weighted by Gasteiger charge is 2.45. The lowest BCUT2D eigenvalue weighted by Crippen LogP contribution is -2.49. The Morgan fingerprint density at radius 2 is 1.89 bits per heavy atom. The van der Waals surface area contributed by atoms with E-state index in [1.807, 2.05) is 19.2 Å². The van der Waals surface area contributed by atoms with Crippen molar-refractivity contribution in [1.82, 2.24) is 5.32 Å². The highest BCUT2D eigenvalue weighted by Crippen LogP contribution is 2.47. The maximum absolute atomic E-state index is 5.79. The second-order valence-corrected chi connectivity index (χ2v) is 4.95. The van der Waals surface area contributed by atoms with Crippen molar-refractivity contribution in [3.8, 4) is 11.5 Å². The lowest BCUT2D eigenvalue weighted by atomic mass is 9.72. The molecule has 1 unspecified atom stereocenters. The molecule has 1 aromatic carbocycles. The minimum Gasteiger partial charge on any atom is -0.497 e. The van der Waals surface area contributed by atoms with Crippen molar-refractivity contribution in [2.75, 3.05) is 28.4 Å². The van der Waals surface area contributed by atoms with Crippen molar-refractivity contribution in [3.63, 3.8) is 0 Å². The Balaban J connectivity index is 2.37. The molecule has 2 rings (SSSR count). The van der Waals surface area contributed by atoms with Gasteiger partial charge in [0.2, 0.25) is 0 Å². The summed E-state index contributed by atoms with van der Waals surface area (Å²) in [5.74, 6) is 1.64. The van der Waals surface area contributed by atoms with E-state index in [0.29, 0.717) is 0 Å². The highest BCUT2D eigenvalue weighted by molar-refractivity contribution is 5.44. The molecule has 0 amide bonds. The minimum absolute atomic E-state index is 0.114. The first-order valence-electron chi connectivity index (χ1n) is 6.65. The molecule has 0 aliphatic heterocycles. The van der Waals surface area contributed by atoms with Crippen LogP contribution in [0.2, 0.25) is 0 Å². The van der Waals surface area contributed by atoms with Gasteiger partial charge >= 0.3 is 0 Å². The second-order valence-electron chi connectivity index (χ2n) is 4.95. The van der Waals surface area contributed by atoms with Crippen LogP contribution in [0.25, 0.3) is 0 Å². The Labute approximate surface area is 115 Å². The number of nitrogens with one attached hydrogen (secondary N) is 1. The molecule has 1 saturated carbocycles. The normalized spacial score (nSPS) is 18.5. The smallest absolute Gasteiger partial charge is 0.127 e. The lowest BCUT2D eigenvalue weighted by Gasteiger charge is -2.46. The molecule has 4 heteroatoms. The molecule has 1 atom stereocenters. The van der Waals surface area contributed by atoms with Gasteiger partial charge in [-0.2, -0.15) is 0 Å². The number of rotatable bonds is 6. The van der Waals surface area contributed by atoms with Gasteiger partial charge in [0.25, 0.3) is 0 Å². The number of ether oxygens (including phenoxy) is 3. The quantitative estimate of drug-likeness (QED) is 0.858. The van der Waals surface area contributed by atoms with E-state index >= 15 is 0 Å². The van der Waals surface area contributed by atoms with Gasteiger partial charge in [0, 0.05) is 18.7 Å². The van der Waals surface area contributed by atoms with Gasteiger partial charge < -0.3 is 19.5 Å². The van der Waals surface area contributed by atoms with Gasteiger partial charge in [0.05, 0.1) is 25.9 Å². The Hall–Kier alpha value is -1.26. The van der Waals surface area contributed by atoms with Crippen LogP contribution in [0.15, 0.2) is 18.2 Å². The molecule has 106 valence electrons. The molecule has 1 fully saturated rings. The second kappa shape index (κ2) is 5.80. The van der Waals surface area contributed by atoms with Crippen LogP contribution in [0.3, 0.4) is 0 Å². The zero-order valence-electron chi connectivity index (χ0n) is 12.2. The zero-order valence-corrected chi connectivity index (χ0v) is 12.2. The van der Waals surface area contributed by atoms with E-state index in [-0.39, 0.29) is 11.6 Å². The molecule has 1 aliphatic carbocycles. The van der Waals surface area contributed by atoms with Crippen LogP contribution in [-0.4, -0.2) is 34.0 Å². The van der Waals surface area contributed by atoms with Gasteiger partial charge in [-0.05, 0) is 38.4 Å². The first kappa shape index (κ1) is 14.2. The van der Waals surface area contributed by atoms with Crippen LogP contribution in [0.5, 0.6) is 11.5 Å². The minimum atomic E-state index is -0.114. The van der Waals surface area contributed by atoms with E-state index in [1.165, 1.54) is 6.42 Å². The van der Waals surface area contributed by atoms with Gasteiger partial charge in [-0.1, -0.05) is 0 Å². The van der Waals surface area contributed by atoms with Crippen LogP contribution in [0.4, 0.5) is 0 Å². The van der Waals surface area contributed by atoms with Gasteiger partial charge in [0.1, 0.15) is 11.5 Å². The molecule has 1 aliphatic rings. The summed E-state index contributed by atoms with van der Waals surface area (Å²) in [5, 5.41) is 3.38. The average Bonchev–Trinajstić information content (AvgIpc) is 2.42. The number of hydrogen-bond donors (Lipinski definition) is 1. The number of benzene rings is 1. The number of likely N-dealkylation sites (N-methyl/N-ethyl adjacent to an activating group) is 1. The summed E-state index contributed by atoms with van der Waals surface area (Å²) < 4.78 is 16.5. The van der Waals surface area contributed by atoms with Crippen LogP contribution in [0.1, 0.15) is 30.9 Å². The van der Waals surface area contributed by atoms with E-state index in [9.17, 15) is 0 Å². The topological polar surface area (TPSA) is 39.7 Å². The fraction of sp³-hybridized carbons (Fsp3) is 0.600. The predicted octanol–water partition coefficient (Wildman–Crippen LogP) is 2.53. The van der Waals surface area contributed by atoms with E-state index in [4.69, 9.17) is 14.2 Å². The summed E-state index contributed by atoms with van der Waals surface area (Å²) in [7, 11) is 7.10.